The zero-order chi connectivity index (χ0) is 19.5. The van der Waals surface area contributed by atoms with Gasteiger partial charge in [0.25, 0.3) is 0 Å². The van der Waals surface area contributed by atoms with Crippen molar-refractivity contribution in [3.8, 4) is 0 Å². The number of carbonyl (C=O) groups is 2. The molecule has 1 aromatic heterocycles. The second-order valence-electron chi connectivity index (χ2n) is 7.93. The fraction of sp³-hybridized carbons (Fsp3) is 0.476. The Labute approximate surface area is 164 Å². The molecule has 2 aliphatic rings. The summed E-state index contributed by atoms with van der Waals surface area (Å²) in [5, 5.41) is 13.2. The maximum atomic E-state index is 12.5. The highest BCUT2D eigenvalue weighted by Gasteiger charge is 2.26. The summed E-state index contributed by atoms with van der Waals surface area (Å²) >= 11 is 0. The van der Waals surface area contributed by atoms with Gasteiger partial charge in [0.2, 0.25) is 5.91 Å². The van der Waals surface area contributed by atoms with E-state index in [0.29, 0.717) is 23.8 Å². The van der Waals surface area contributed by atoms with Crippen molar-refractivity contribution in [2.45, 2.75) is 51.0 Å². The highest BCUT2D eigenvalue weighted by molar-refractivity contribution is 5.94. The van der Waals surface area contributed by atoms with E-state index in [0.717, 1.165) is 37.1 Å². The average Bonchev–Trinajstić information content (AvgIpc) is 3.18. The first-order chi connectivity index (χ1) is 13.6. The smallest absolute Gasteiger partial charge is 0.321 e. The summed E-state index contributed by atoms with van der Waals surface area (Å²) < 4.78 is 0. The first kappa shape index (κ1) is 18.5. The molecule has 3 amide bonds. The second kappa shape index (κ2) is 8.04. The summed E-state index contributed by atoms with van der Waals surface area (Å²) in [7, 11) is 1.75. The van der Waals surface area contributed by atoms with Gasteiger partial charge in [0, 0.05) is 30.3 Å². The van der Waals surface area contributed by atoms with Crippen LogP contribution in [0.25, 0.3) is 0 Å². The van der Waals surface area contributed by atoms with Crippen LogP contribution in [-0.2, 0) is 11.3 Å². The van der Waals surface area contributed by atoms with Gasteiger partial charge >= 0.3 is 6.03 Å². The number of hydrogen-bond donors (Lipinski definition) is 3. The van der Waals surface area contributed by atoms with E-state index < -0.39 is 0 Å². The Kier molecular flexibility index (Phi) is 5.32. The van der Waals surface area contributed by atoms with E-state index in [1.165, 1.54) is 12.8 Å². The molecule has 0 spiro atoms. The maximum Gasteiger partial charge on any atom is 0.321 e. The third-order valence-electron chi connectivity index (χ3n) is 5.51. The lowest BCUT2D eigenvalue weighted by molar-refractivity contribution is -0.119. The number of benzene rings is 1. The zero-order valence-corrected chi connectivity index (χ0v) is 16.2. The van der Waals surface area contributed by atoms with E-state index in [1.54, 1.807) is 18.0 Å². The predicted octanol–water partition coefficient (Wildman–Crippen LogP) is 4.08. The highest BCUT2D eigenvalue weighted by Crippen LogP contribution is 2.39. The van der Waals surface area contributed by atoms with Gasteiger partial charge in [-0.1, -0.05) is 18.9 Å². The molecule has 2 saturated carbocycles. The zero-order valence-electron chi connectivity index (χ0n) is 16.2. The van der Waals surface area contributed by atoms with Crippen molar-refractivity contribution in [2.75, 3.05) is 17.7 Å². The molecule has 2 aliphatic carbocycles. The number of carbonyl (C=O) groups excluding carboxylic acids is 2. The van der Waals surface area contributed by atoms with Crippen LogP contribution in [0.5, 0.6) is 0 Å². The Hall–Kier alpha value is -2.83. The molecule has 0 aliphatic heterocycles. The Morgan fingerprint density at radius 2 is 1.82 bits per heavy atom. The Balaban J connectivity index is 1.32. The van der Waals surface area contributed by atoms with Crippen LogP contribution >= 0.6 is 0 Å². The van der Waals surface area contributed by atoms with Crippen LogP contribution in [0.4, 0.5) is 16.2 Å². The normalized spacial score (nSPS) is 16.8. The molecule has 4 rings (SSSR count). The van der Waals surface area contributed by atoms with Gasteiger partial charge in [-0.3, -0.25) is 9.89 Å². The summed E-state index contributed by atoms with van der Waals surface area (Å²) in [5.41, 5.74) is 3.39. The Morgan fingerprint density at radius 1 is 1.11 bits per heavy atom. The fourth-order valence-corrected chi connectivity index (χ4v) is 3.70. The number of anilines is 2. The minimum Gasteiger partial charge on any atom is -0.326 e. The van der Waals surface area contributed by atoms with Crippen molar-refractivity contribution in [2.24, 2.45) is 5.92 Å². The van der Waals surface area contributed by atoms with Gasteiger partial charge in [-0.05, 0) is 49.9 Å². The van der Waals surface area contributed by atoms with Gasteiger partial charge in [-0.2, -0.15) is 5.10 Å². The minimum atomic E-state index is -0.207. The Morgan fingerprint density at radius 3 is 2.54 bits per heavy atom. The number of rotatable bonds is 6. The van der Waals surface area contributed by atoms with E-state index in [9.17, 15) is 9.59 Å². The first-order valence-corrected chi connectivity index (χ1v) is 10.1. The molecule has 0 bridgehead atoms. The van der Waals surface area contributed by atoms with Crippen LogP contribution in [0.3, 0.4) is 0 Å². The molecular weight excluding hydrogens is 354 g/mol. The lowest BCUT2D eigenvalue weighted by Gasteiger charge is -2.17. The van der Waals surface area contributed by atoms with Gasteiger partial charge in [-0.25, -0.2) is 4.79 Å². The number of hydrogen-bond acceptors (Lipinski definition) is 3. The molecule has 0 radical (unpaired) electrons. The lowest BCUT2D eigenvalue weighted by Crippen LogP contribution is -2.31. The van der Waals surface area contributed by atoms with E-state index >= 15 is 0 Å². The number of amides is 3. The van der Waals surface area contributed by atoms with Gasteiger partial charge in [0.15, 0.2) is 0 Å². The van der Waals surface area contributed by atoms with Crippen molar-refractivity contribution in [3.05, 3.63) is 41.7 Å². The molecule has 2 aromatic rings. The SMILES string of the molecule is CN(Cc1cc(C2CC2)n[nH]1)C(=O)Nc1cccc(NC(=O)C2CCCC2)c1. The van der Waals surface area contributed by atoms with E-state index in [1.807, 2.05) is 24.3 Å². The van der Waals surface area contributed by atoms with Gasteiger partial charge in [0.05, 0.1) is 17.9 Å². The number of aromatic nitrogens is 2. The Bertz CT molecular complexity index is 852. The molecular formula is C21H27N5O2. The summed E-state index contributed by atoms with van der Waals surface area (Å²) in [6, 6.07) is 9.12. The second-order valence-corrected chi connectivity index (χ2v) is 7.93. The topological polar surface area (TPSA) is 90.1 Å². The van der Waals surface area contributed by atoms with Crippen molar-refractivity contribution in [1.82, 2.24) is 15.1 Å². The third-order valence-corrected chi connectivity index (χ3v) is 5.51. The van der Waals surface area contributed by atoms with E-state index in [2.05, 4.69) is 20.8 Å². The monoisotopic (exact) mass is 381 g/mol. The van der Waals surface area contributed by atoms with Crippen molar-refractivity contribution >= 4 is 23.3 Å². The number of aromatic amines is 1. The first-order valence-electron chi connectivity index (χ1n) is 10.1. The minimum absolute atomic E-state index is 0.0730. The number of nitrogens with zero attached hydrogens (tertiary/aromatic N) is 2. The molecule has 2 fully saturated rings. The van der Waals surface area contributed by atoms with E-state index in [4.69, 9.17) is 0 Å². The quantitative estimate of drug-likeness (QED) is 0.704. The third kappa shape index (κ3) is 4.52. The lowest BCUT2D eigenvalue weighted by atomic mass is 10.1. The average molecular weight is 381 g/mol. The number of H-pyrrole nitrogens is 1. The van der Waals surface area contributed by atoms with Crippen molar-refractivity contribution < 1.29 is 9.59 Å². The van der Waals surface area contributed by atoms with Crippen LogP contribution in [-0.4, -0.2) is 34.1 Å². The molecule has 0 saturated heterocycles. The number of nitrogens with one attached hydrogen (secondary N) is 3. The molecule has 28 heavy (non-hydrogen) atoms. The summed E-state index contributed by atoms with van der Waals surface area (Å²) in [5.74, 6) is 0.773. The van der Waals surface area contributed by atoms with Crippen LogP contribution in [0.2, 0.25) is 0 Å². The number of urea groups is 1. The van der Waals surface area contributed by atoms with Crippen LogP contribution in [0, 0.1) is 5.92 Å². The fourth-order valence-electron chi connectivity index (χ4n) is 3.70. The molecule has 1 heterocycles. The maximum absolute atomic E-state index is 12.5. The van der Waals surface area contributed by atoms with Gasteiger partial charge in [0.1, 0.15) is 0 Å². The van der Waals surface area contributed by atoms with Crippen molar-refractivity contribution in [1.29, 1.82) is 0 Å². The highest BCUT2D eigenvalue weighted by atomic mass is 16.2. The molecule has 3 N–H and O–H groups in total. The van der Waals surface area contributed by atoms with Crippen LogP contribution in [0.15, 0.2) is 30.3 Å². The van der Waals surface area contributed by atoms with Gasteiger partial charge in [-0.15, -0.1) is 0 Å². The van der Waals surface area contributed by atoms with Crippen LogP contribution in [0.1, 0.15) is 55.8 Å². The molecule has 148 valence electrons. The van der Waals surface area contributed by atoms with Gasteiger partial charge < -0.3 is 15.5 Å². The molecule has 0 unspecified atom stereocenters. The summed E-state index contributed by atoms with van der Waals surface area (Å²) in [4.78, 5) is 26.4. The predicted molar refractivity (Wildman–Crippen MR) is 108 cm³/mol. The standard InChI is InChI=1S/C21H27N5O2/c1-26(13-18-12-19(25-24-18)14-9-10-14)21(28)23-17-8-4-7-16(11-17)22-20(27)15-5-2-3-6-15/h4,7-8,11-12,14-15H,2-3,5-6,9-10,13H2,1H3,(H,22,27)(H,23,28)(H,24,25). The molecule has 7 heteroatoms. The molecule has 1 aromatic carbocycles. The summed E-state index contributed by atoms with van der Waals surface area (Å²) in [6.45, 7) is 0.462. The largest absolute Gasteiger partial charge is 0.326 e. The summed E-state index contributed by atoms with van der Waals surface area (Å²) in [6.07, 6.45) is 6.58. The van der Waals surface area contributed by atoms with Crippen LogP contribution < -0.4 is 10.6 Å². The molecule has 7 nitrogen and oxygen atoms in total. The van der Waals surface area contributed by atoms with E-state index in [-0.39, 0.29) is 17.9 Å². The molecule has 0 atom stereocenters. The van der Waals surface area contributed by atoms with Crippen molar-refractivity contribution in [3.63, 3.8) is 0 Å².